The molecule has 18 heavy (non-hydrogen) atoms. The molecule has 0 saturated heterocycles. The molecule has 0 aliphatic rings. The second-order valence-electron chi connectivity index (χ2n) is 3.48. The second-order valence-corrected chi connectivity index (χ2v) is 4.56. The Bertz CT molecular complexity index is 521. The van der Waals surface area contributed by atoms with Crippen LogP contribution in [0.3, 0.4) is 0 Å². The van der Waals surface area contributed by atoms with Gasteiger partial charge >= 0.3 is 0 Å². The van der Waals surface area contributed by atoms with Crippen molar-refractivity contribution in [3.63, 3.8) is 0 Å². The average Bonchev–Trinajstić information content (AvgIpc) is 2.92. The highest BCUT2D eigenvalue weighted by Crippen LogP contribution is 2.15. The zero-order valence-corrected chi connectivity index (χ0v) is 10.5. The van der Waals surface area contributed by atoms with Gasteiger partial charge in [0.1, 0.15) is 12.1 Å². The number of nitriles is 1. The summed E-state index contributed by atoms with van der Waals surface area (Å²) in [5.74, 6) is 1.64. The Morgan fingerprint density at radius 3 is 3.17 bits per heavy atom. The lowest BCUT2D eigenvalue weighted by Gasteiger charge is -2.05. The summed E-state index contributed by atoms with van der Waals surface area (Å²) in [4.78, 5) is 4.01. The van der Waals surface area contributed by atoms with Gasteiger partial charge in [0.25, 0.3) is 0 Å². The van der Waals surface area contributed by atoms with E-state index in [9.17, 15) is 0 Å². The van der Waals surface area contributed by atoms with Crippen molar-refractivity contribution in [2.45, 2.75) is 11.6 Å². The Hall–Kier alpha value is -2.00. The zero-order valence-electron chi connectivity index (χ0n) is 9.67. The number of nitrogens with one attached hydrogen (secondary N) is 1. The molecule has 2 rings (SSSR count). The smallest absolute Gasteiger partial charge is 0.183 e. The number of thioether (sulfide) groups is 1. The van der Waals surface area contributed by atoms with Crippen LogP contribution in [0.1, 0.15) is 12.0 Å². The summed E-state index contributed by atoms with van der Waals surface area (Å²) in [6.45, 7) is 0.621. The molecular weight excluding hydrogens is 248 g/mol. The second kappa shape index (κ2) is 6.67. The van der Waals surface area contributed by atoms with E-state index in [0.29, 0.717) is 12.2 Å². The van der Waals surface area contributed by atoms with Gasteiger partial charge in [-0.25, -0.2) is 4.98 Å². The van der Waals surface area contributed by atoms with Gasteiger partial charge in [0.2, 0.25) is 0 Å². The molecule has 0 amide bonds. The van der Waals surface area contributed by atoms with Crippen LogP contribution in [0, 0.1) is 11.3 Å². The predicted octanol–water partition coefficient (Wildman–Crippen LogP) is 2.24. The van der Waals surface area contributed by atoms with Gasteiger partial charge in [-0.05, 0) is 24.6 Å². The van der Waals surface area contributed by atoms with Crippen molar-refractivity contribution < 1.29 is 4.74 Å². The number of aromatic nitrogens is 3. The highest BCUT2D eigenvalue weighted by molar-refractivity contribution is 7.99. The number of benzene rings is 1. The van der Waals surface area contributed by atoms with Crippen LogP contribution in [-0.4, -0.2) is 27.5 Å². The minimum Gasteiger partial charge on any atom is -0.494 e. The first-order valence-electron chi connectivity index (χ1n) is 5.49. The molecule has 0 atom stereocenters. The van der Waals surface area contributed by atoms with Crippen LogP contribution < -0.4 is 4.74 Å². The van der Waals surface area contributed by atoms with Crippen molar-refractivity contribution in [2.75, 3.05) is 12.4 Å². The highest BCUT2D eigenvalue weighted by Gasteiger charge is 1.98. The van der Waals surface area contributed by atoms with Crippen LogP contribution in [0.4, 0.5) is 0 Å². The number of H-pyrrole nitrogens is 1. The molecule has 0 aliphatic heterocycles. The molecule has 0 radical (unpaired) electrons. The minimum atomic E-state index is 0.614. The van der Waals surface area contributed by atoms with Gasteiger partial charge in [0.15, 0.2) is 5.16 Å². The summed E-state index contributed by atoms with van der Waals surface area (Å²) in [5, 5.41) is 16.1. The molecular formula is C12H12N4OS. The van der Waals surface area contributed by atoms with Crippen LogP contribution in [0.5, 0.6) is 5.75 Å². The lowest BCUT2D eigenvalue weighted by atomic mass is 10.2. The lowest BCUT2D eigenvalue weighted by Crippen LogP contribution is -1.99. The van der Waals surface area contributed by atoms with Crippen molar-refractivity contribution in [3.05, 3.63) is 36.2 Å². The molecule has 2 aromatic rings. The van der Waals surface area contributed by atoms with Gasteiger partial charge in [-0.15, -0.1) is 0 Å². The van der Waals surface area contributed by atoms with Gasteiger partial charge in [0, 0.05) is 5.75 Å². The van der Waals surface area contributed by atoms with Crippen molar-refractivity contribution in [1.29, 1.82) is 5.26 Å². The van der Waals surface area contributed by atoms with Crippen LogP contribution >= 0.6 is 11.8 Å². The first kappa shape index (κ1) is 12.5. The van der Waals surface area contributed by atoms with Crippen molar-refractivity contribution >= 4 is 11.8 Å². The van der Waals surface area contributed by atoms with Gasteiger partial charge in [-0.2, -0.15) is 10.4 Å². The third kappa shape index (κ3) is 3.79. The Kier molecular flexibility index (Phi) is 4.61. The summed E-state index contributed by atoms with van der Waals surface area (Å²) in [6, 6.07) is 9.25. The summed E-state index contributed by atoms with van der Waals surface area (Å²) < 4.78 is 5.56. The summed E-state index contributed by atoms with van der Waals surface area (Å²) in [5.41, 5.74) is 0.614. The van der Waals surface area contributed by atoms with E-state index in [0.717, 1.165) is 23.1 Å². The van der Waals surface area contributed by atoms with E-state index in [1.54, 1.807) is 23.9 Å². The molecule has 0 saturated carbocycles. The number of ether oxygens (including phenoxy) is 1. The Balaban J connectivity index is 1.67. The van der Waals surface area contributed by atoms with Crippen LogP contribution in [0.2, 0.25) is 0 Å². The predicted molar refractivity (Wildman–Crippen MR) is 68.4 cm³/mol. The minimum absolute atomic E-state index is 0.614. The number of aromatic amines is 1. The van der Waals surface area contributed by atoms with Gasteiger partial charge in [-0.3, -0.25) is 5.10 Å². The third-order valence-corrected chi connectivity index (χ3v) is 3.12. The fourth-order valence-corrected chi connectivity index (χ4v) is 2.03. The molecule has 1 N–H and O–H groups in total. The van der Waals surface area contributed by atoms with E-state index >= 15 is 0 Å². The van der Waals surface area contributed by atoms with E-state index in [-0.39, 0.29) is 0 Å². The summed E-state index contributed by atoms with van der Waals surface area (Å²) >= 11 is 1.61. The Morgan fingerprint density at radius 2 is 2.39 bits per heavy atom. The van der Waals surface area contributed by atoms with Crippen molar-refractivity contribution in [1.82, 2.24) is 15.2 Å². The molecule has 0 spiro atoms. The molecule has 92 valence electrons. The van der Waals surface area contributed by atoms with E-state index in [1.807, 2.05) is 12.1 Å². The molecule has 0 aliphatic carbocycles. The molecule has 6 heteroatoms. The van der Waals surface area contributed by atoms with Crippen LogP contribution in [-0.2, 0) is 0 Å². The van der Waals surface area contributed by atoms with Crippen molar-refractivity contribution in [2.24, 2.45) is 0 Å². The fraction of sp³-hybridized carbons (Fsp3) is 0.250. The molecule has 1 aromatic heterocycles. The van der Waals surface area contributed by atoms with Crippen LogP contribution in [0.25, 0.3) is 0 Å². The topological polar surface area (TPSA) is 74.6 Å². The van der Waals surface area contributed by atoms with E-state index < -0.39 is 0 Å². The normalized spacial score (nSPS) is 9.94. The largest absolute Gasteiger partial charge is 0.494 e. The third-order valence-electron chi connectivity index (χ3n) is 2.15. The number of hydrogen-bond acceptors (Lipinski definition) is 5. The number of nitrogens with zero attached hydrogens (tertiary/aromatic N) is 3. The monoisotopic (exact) mass is 260 g/mol. The van der Waals surface area contributed by atoms with Gasteiger partial charge in [0.05, 0.1) is 18.2 Å². The van der Waals surface area contributed by atoms with E-state index in [2.05, 4.69) is 21.3 Å². The zero-order chi connectivity index (χ0) is 12.6. The first-order chi connectivity index (χ1) is 8.88. The lowest BCUT2D eigenvalue weighted by molar-refractivity contribution is 0.318. The van der Waals surface area contributed by atoms with Crippen molar-refractivity contribution in [3.8, 4) is 11.8 Å². The van der Waals surface area contributed by atoms with E-state index in [4.69, 9.17) is 10.00 Å². The highest BCUT2D eigenvalue weighted by atomic mass is 32.2. The maximum absolute atomic E-state index is 8.75. The molecule has 0 bridgehead atoms. The van der Waals surface area contributed by atoms with Gasteiger partial charge < -0.3 is 4.74 Å². The summed E-state index contributed by atoms with van der Waals surface area (Å²) in [7, 11) is 0. The first-order valence-corrected chi connectivity index (χ1v) is 6.48. The molecule has 0 fully saturated rings. The average molecular weight is 260 g/mol. The standard InChI is InChI=1S/C12H12N4OS/c13-8-10-3-1-4-11(7-10)17-5-2-6-18-12-14-9-15-16-12/h1,3-4,7,9H,2,5-6H2,(H,14,15,16). The van der Waals surface area contributed by atoms with Gasteiger partial charge in [-0.1, -0.05) is 17.8 Å². The Labute approximate surface area is 109 Å². The maximum atomic E-state index is 8.75. The quantitative estimate of drug-likeness (QED) is 0.637. The Morgan fingerprint density at radius 1 is 1.44 bits per heavy atom. The maximum Gasteiger partial charge on any atom is 0.183 e. The molecule has 5 nitrogen and oxygen atoms in total. The number of rotatable bonds is 6. The molecule has 0 unspecified atom stereocenters. The SMILES string of the molecule is N#Cc1cccc(OCCCSc2ncn[nH]2)c1. The fourth-order valence-electron chi connectivity index (χ4n) is 1.34. The van der Waals surface area contributed by atoms with E-state index in [1.165, 1.54) is 6.33 Å². The molecule has 1 heterocycles. The number of hydrogen-bond donors (Lipinski definition) is 1. The summed E-state index contributed by atoms with van der Waals surface area (Å²) in [6.07, 6.45) is 2.40. The van der Waals surface area contributed by atoms with Crippen LogP contribution in [0.15, 0.2) is 35.7 Å². The molecule has 1 aromatic carbocycles.